The fourth-order valence-electron chi connectivity index (χ4n) is 2.83. The van der Waals surface area contributed by atoms with Crippen LogP contribution in [0.1, 0.15) is 0 Å². The summed E-state index contributed by atoms with van der Waals surface area (Å²) < 4.78 is 14.4. The minimum atomic E-state index is -0.672. The van der Waals surface area contributed by atoms with Crippen molar-refractivity contribution in [2.45, 2.75) is 6.17 Å². The second-order valence-corrected chi connectivity index (χ2v) is 7.99. The third-order valence-corrected chi connectivity index (χ3v) is 5.66. The van der Waals surface area contributed by atoms with Gasteiger partial charge in [0.05, 0.1) is 11.4 Å². The molecule has 0 spiro atoms. The van der Waals surface area contributed by atoms with Crippen molar-refractivity contribution >= 4 is 56.0 Å². The molecule has 0 aromatic heterocycles. The number of benzene rings is 2. The van der Waals surface area contributed by atoms with Gasteiger partial charge in [-0.1, -0.05) is 45.9 Å². The van der Waals surface area contributed by atoms with Gasteiger partial charge in [-0.3, -0.25) is 24.8 Å². The maximum Gasteiger partial charge on any atom is 0.276 e. The number of hydrazone groups is 1. The summed E-state index contributed by atoms with van der Waals surface area (Å²) in [4.78, 5) is 28.1. The molecule has 4 rings (SSSR count). The van der Waals surface area contributed by atoms with Crippen LogP contribution in [0.5, 0.6) is 0 Å². The highest BCUT2D eigenvalue weighted by Gasteiger charge is 2.38. The highest BCUT2D eigenvalue weighted by Crippen LogP contribution is 2.26. The van der Waals surface area contributed by atoms with Crippen LogP contribution in [0.3, 0.4) is 0 Å². The van der Waals surface area contributed by atoms with Crippen molar-refractivity contribution in [1.29, 1.82) is 0 Å². The van der Waals surface area contributed by atoms with Crippen LogP contribution < -0.4 is 15.6 Å². The Morgan fingerprint density at radius 2 is 2.03 bits per heavy atom. The van der Waals surface area contributed by atoms with Crippen LogP contribution in [-0.4, -0.2) is 33.8 Å². The molecule has 10 heteroatoms. The molecule has 1 atom stereocenters. The molecule has 29 heavy (non-hydrogen) atoms. The molecule has 2 N–H and O–H groups in total. The third-order valence-electron chi connectivity index (χ3n) is 4.20. The molecule has 2 heterocycles. The number of nitrogens with one attached hydrogen (secondary N) is 2. The lowest BCUT2D eigenvalue weighted by molar-refractivity contribution is -0.122. The van der Waals surface area contributed by atoms with Gasteiger partial charge in [0.25, 0.3) is 5.91 Å². The molecule has 0 fully saturated rings. The van der Waals surface area contributed by atoms with E-state index in [0.29, 0.717) is 9.64 Å². The second kappa shape index (κ2) is 8.26. The standard InChI is InChI=1S/C19H15BrFN5O2S/c20-12-6-7-15(14(21)10-12)22-16(27)11-29-19-24-23-17-18(28)25(8-9-26(17)19)13-4-2-1-3-5-13/h1-10,17,23H,11H2,(H,22,27). The number of hydrogen-bond donors (Lipinski definition) is 2. The minimum Gasteiger partial charge on any atom is -0.323 e. The van der Waals surface area contributed by atoms with Crippen molar-refractivity contribution in [3.05, 3.63) is 71.2 Å². The molecule has 1 unspecified atom stereocenters. The number of para-hydroxylation sites is 1. The molecular weight excluding hydrogens is 461 g/mol. The Morgan fingerprint density at radius 1 is 1.24 bits per heavy atom. The summed E-state index contributed by atoms with van der Waals surface area (Å²) in [6.45, 7) is 0. The molecule has 0 aliphatic carbocycles. The first-order chi connectivity index (χ1) is 14.0. The smallest absolute Gasteiger partial charge is 0.276 e. The fourth-order valence-corrected chi connectivity index (χ4v) is 3.93. The Morgan fingerprint density at radius 3 is 2.79 bits per heavy atom. The van der Waals surface area contributed by atoms with Crippen molar-refractivity contribution in [3.63, 3.8) is 0 Å². The topological polar surface area (TPSA) is 77.0 Å². The van der Waals surface area contributed by atoms with E-state index < -0.39 is 12.0 Å². The second-order valence-electron chi connectivity index (χ2n) is 6.14. The summed E-state index contributed by atoms with van der Waals surface area (Å²) in [6, 6.07) is 13.7. The number of rotatable bonds is 4. The number of carbonyl (C=O) groups excluding carboxylic acids is 2. The van der Waals surface area contributed by atoms with E-state index in [0.717, 1.165) is 17.4 Å². The first-order valence-corrected chi connectivity index (χ1v) is 10.4. The number of nitrogens with zero attached hydrogens (tertiary/aromatic N) is 3. The Kier molecular flexibility index (Phi) is 5.54. The molecule has 148 valence electrons. The van der Waals surface area contributed by atoms with Crippen molar-refractivity contribution in [1.82, 2.24) is 10.3 Å². The monoisotopic (exact) mass is 475 g/mol. The quantitative estimate of drug-likeness (QED) is 0.709. The van der Waals surface area contributed by atoms with Crippen LogP contribution in [0.4, 0.5) is 15.8 Å². The number of carbonyl (C=O) groups is 2. The first kappa shape index (κ1) is 19.5. The zero-order valence-electron chi connectivity index (χ0n) is 14.9. The van der Waals surface area contributed by atoms with E-state index in [2.05, 4.69) is 31.8 Å². The molecule has 2 aliphatic heterocycles. The van der Waals surface area contributed by atoms with Gasteiger partial charge in [0.2, 0.25) is 12.1 Å². The Balaban J connectivity index is 1.37. The summed E-state index contributed by atoms with van der Waals surface area (Å²) >= 11 is 4.32. The largest absolute Gasteiger partial charge is 0.323 e. The van der Waals surface area contributed by atoms with Crippen molar-refractivity contribution in [2.24, 2.45) is 5.10 Å². The van der Waals surface area contributed by atoms with E-state index >= 15 is 0 Å². The molecule has 0 bridgehead atoms. The highest BCUT2D eigenvalue weighted by molar-refractivity contribution is 9.10. The van der Waals surface area contributed by atoms with Crippen LogP contribution in [0.15, 0.2) is 70.5 Å². The molecule has 0 saturated heterocycles. The molecule has 0 saturated carbocycles. The summed E-state index contributed by atoms with van der Waals surface area (Å²) in [5.74, 6) is -1.06. The number of amides is 2. The number of amidine groups is 1. The Bertz CT molecular complexity index is 1020. The van der Waals surface area contributed by atoms with Crippen LogP contribution >= 0.6 is 27.7 Å². The number of anilines is 2. The predicted octanol–water partition coefficient (Wildman–Crippen LogP) is 3.28. The lowest BCUT2D eigenvalue weighted by atomic mass is 10.2. The van der Waals surface area contributed by atoms with Crippen LogP contribution in [-0.2, 0) is 9.59 Å². The summed E-state index contributed by atoms with van der Waals surface area (Å²) in [6.07, 6.45) is 2.72. The van der Waals surface area contributed by atoms with E-state index in [1.807, 2.05) is 30.3 Å². The number of halogens is 2. The predicted molar refractivity (Wildman–Crippen MR) is 114 cm³/mol. The third kappa shape index (κ3) is 4.13. The van der Waals surface area contributed by atoms with E-state index in [-0.39, 0.29) is 23.3 Å². The maximum absolute atomic E-state index is 13.8. The average Bonchev–Trinajstić information content (AvgIpc) is 3.13. The zero-order valence-corrected chi connectivity index (χ0v) is 17.3. The average molecular weight is 476 g/mol. The van der Waals surface area contributed by atoms with Crippen molar-refractivity contribution in [3.8, 4) is 0 Å². The van der Waals surface area contributed by atoms with Gasteiger partial charge in [0.15, 0.2) is 5.17 Å². The normalized spacial score (nSPS) is 17.7. The van der Waals surface area contributed by atoms with Crippen LogP contribution in [0.25, 0.3) is 0 Å². The Hall–Kier alpha value is -2.85. The Labute approximate surface area is 178 Å². The maximum atomic E-state index is 13.8. The summed E-state index contributed by atoms with van der Waals surface area (Å²) in [5, 5.41) is 7.18. The van der Waals surface area contributed by atoms with E-state index in [1.165, 1.54) is 12.1 Å². The number of hydrogen-bond acceptors (Lipinski definition) is 6. The van der Waals surface area contributed by atoms with Crippen molar-refractivity contribution < 1.29 is 14.0 Å². The van der Waals surface area contributed by atoms with Crippen molar-refractivity contribution in [2.75, 3.05) is 16.0 Å². The van der Waals surface area contributed by atoms with Gasteiger partial charge in [-0.05, 0) is 30.3 Å². The van der Waals surface area contributed by atoms with Gasteiger partial charge >= 0.3 is 0 Å². The van der Waals surface area contributed by atoms with Gasteiger partial charge in [-0.15, -0.1) is 0 Å². The number of fused-ring (bicyclic) bond motifs is 1. The number of thioether (sulfide) groups is 1. The first-order valence-electron chi connectivity index (χ1n) is 8.58. The van der Waals surface area contributed by atoms with Gasteiger partial charge in [-0.25, -0.2) is 4.39 Å². The van der Waals surface area contributed by atoms with E-state index in [1.54, 1.807) is 28.3 Å². The fraction of sp³-hybridized carbons (Fsp3) is 0.105. The molecule has 0 radical (unpaired) electrons. The minimum absolute atomic E-state index is 0.0175. The van der Waals surface area contributed by atoms with Gasteiger partial charge < -0.3 is 5.32 Å². The SMILES string of the molecule is O=C(CSC1=NNC2C(=O)N(c3ccccc3)C=CN12)Nc1ccc(Br)cc1F. The van der Waals surface area contributed by atoms with Gasteiger partial charge in [0.1, 0.15) is 5.82 Å². The molecule has 2 aliphatic rings. The van der Waals surface area contributed by atoms with Gasteiger partial charge in [0, 0.05) is 22.6 Å². The molecular formula is C19H15BrFN5O2S. The molecule has 7 nitrogen and oxygen atoms in total. The van der Waals surface area contributed by atoms with E-state index in [9.17, 15) is 14.0 Å². The van der Waals surface area contributed by atoms with Crippen LogP contribution in [0, 0.1) is 5.82 Å². The lowest BCUT2D eigenvalue weighted by Gasteiger charge is -2.31. The molecule has 2 aromatic carbocycles. The van der Waals surface area contributed by atoms with E-state index in [4.69, 9.17) is 0 Å². The van der Waals surface area contributed by atoms with Crippen LogP contribution in [0.2, 0.25) is 0 Å². The molecule has 2 amide bonds. The molecule has 2 aromatic rings. The summed E-state index contributed by atoms with van der Waals surface area (Å²) in [5.41, 5.74) is 3.66. The summed E-state index contributed by atoms with van der Waals surface area (Å²) in [7, 11) is 0. The zero-order chi connectivity index (χ0) is 20.4. The van der Waals surface area contributed by atoms with Gasteiger partial charge in [-0.2, -0.15) is 5.10 Å². The highest BCUT2D eigenvalue weighted by atomic mass is 79.9. The lowest BCUT2D eigenvalue weighted by Crippen LogP contribution is -2.52.